The van der Waals surface area contributed by atoms with Crippen molar-refractivity contribution >= 4 is 5.97 Å². The first kappa shape index (κ1) is 15.0. The number of hydrogen-bond acceptors (Lipinski definition) is 5. The van der Waals surface area contributed by atoms with Gasteiger partial charge in [0, 0.05) is 5.41 Å². The van der Waals surface area contributed by atoms with Crippen molar-refractivity contribution < 1.29 is 14.4 Å². The largest absolute Gasteiger partial charge is 0.480 e. The van der Waals surface area contributed by atoms with Crippen LogP contribution in [0.4, 0.5) is 0 Å². The van der Waals surface area contributed by atoms with Gasteiger partial charge in [-0.2, -0.15) is 4.98 Å². The molecule has 112 valence electrons. The van der Waals surface area contributed by atoms with E-state index >= 15 is 0 Å². The van der Waals surface area contributed by atoms with Crippen LogP contribution in [0.3, 0.4) is 0 Å². The number of nitrogens with zero attached hydrogens (tertiary/aromatic N) is 3. The maximum atomic E-state index is 11.6. The predicted molar refractivity (Wildman–Crippen MR) is 73.3 cm³/mol. The summed E-state index contributed by atoms with van der Waals surface area (Å²) in [6.45, 7) is 9.14. The Morgan fingerprint density at radius 2 is 2.20 bits per heavy atom. The summed E-state index contributed by atoms with van der Waals surface area (Å²) in [5.74, 6) is 0.396. The van der Waals surface area contributed by atoms with Crippen molar-refractivity contribution in [1.29, 1.82) is 0 Å². The van der Waals surface area contributed by atoms with E-state index in [4.69, 9.17) is 4.52 Å². The van der Waals surface area contributed by atoms with Crippen LogP contribution < -0.4 is 0 Å². The van der Waals surface area contributed by atoms with Gasteiger partial charge in [-0.25, -0.2) is 0 Å². The number of carboxylic acid groups (broad SMARTS) is 1. The zero-order chi connectivity index (χ0) is 15.0. The molecular weight excluding hydrogens is 258 g/mol. The van der Waals surface area contributed by atoms with Crippen LogP contribution in [0.25, 0.3) is 0 Å². The summed E-state index contributed by atoms with van der Waals surface area (Å²) in [5.41, 5.74) is -0.947. The average molecular weight is 281 g/mol. The molecule has 20 heavy (non-hydrogen) atoms. The highest BCUT2D eigenvalue weighted by Crippen LogP contribution is 2.34. The Labute approximate surface area is 119 Å². The molecule has 0 aromatic carbocycles. The van der Waals surface area contributed by atoms with Crippen molar-refractivity contribution in [2.24, 2.45) is 0 Å². The van der Waals surface area contributed by atoms with Crippen molar-refractivity contribution in [2.45, 2.75) is 64.5 Å². The second-order valence-electron chi connectivity index (χ2n) is 6.48. The highest BCUT2D eigenvalue weighted by atomic mass is 16.5. The number of carboxylic acids is 1. The zero-order valence-electron chi connectivity index (χ0n) is 12.6. The van der Waals surface area contributed by atoms with Gasteiger partial charge < -0.3 is 9.63 Å². The first-order valence-corrected chi connectivity index (χ1v) is 7.11. The van der Waals surface area contributed by atoms with Crippen molar-refractivity contribution in [3.05, 3.63) is 11.7 Å². The van der Waals surface area contributed by atoms with Crippen LogP contribution in [-0.4, -0.2) is 38.2 Å². The van der Waals surface area contributed by atoms with E-state index in [1.54, 1.807) is 0 Å². The summed E-state index contributed by atoms with van der Waals surface area (Å²) < 4.78 is 5.27. The molecule has 0 saturated carbocycles. The maximum absolute atomic E-state index is 11.6. The van der Waals surface area contributed by atoms with Gasteiger partial charge in [0.15, 0.2) is 5.82 Å². The molecule has 6 nitrogen and oxygen atoms in total. The lowest BCUT2D eigenvalue weighted by molar-refractivity contribution is -0.150. The second kappa shape index (κ2) is 5.16. The molecule has 1 unspecified atom stereocenters. The smallest absolute Gasteiger partial charge is 0.324 e. The summed E-state index contributed by atoms with van der Waals surface area (Å²) in [4.78, 5) is 18.0. The van der Waals surface area contributed by atoms with Crippen molar-refractivity contribution in [2.75, 3.05) is 6.54 Å². The first-order chi connectivity index (χ1) is 9.29. The molecule has 1 aromatic rings. The minimum Gasteiger partial charge on any atom is -0.480 e. The lowest BCUT2D eigenvalue weighted by atomic mass is 9.93. The van der Waals surface area contributed by atoms with E-state index in [0.29, 0.717) is 31.1 Å². The molecule has 6 heteroatoms. The Morgan fingerprint density at radius 1 is 1.50 bits per heavy atom. The molecule has 0 bridgehead atoms. The van der Waals surface area contributed by atoms with E-state index in [9.17, 15) is 9.90 Å². The zero-order valence-corrected chi connectivity index (χ0v) is 12.6. The van der Waals surface area contributed by atoms with Gasteiger partial charge in [0.1, 0.15) is 5.54 Å². The molecule has 2 heterocycles. The Morgan fingerprint density at radius 3 is 2.70 bits per heavy atom. The van der Waals surface area contributed by atoms with Gasteiger partial charge in [-0.3, -0.25) is 9.69 Å². The molecule has 0 radical (unpaired) electrons. The summed E-state index contributed by atoms with van der Waals surface area (Å²) >= 11 is 0. The molecular formula is C14H23N3O3. The Hall–Kier alpha value is -1.43. The minimum atomic E-state index is -0.781. The lowest BCUT2D eigenvalue weighted by Crippen LogP contribution is -2.49. The van der Waals surface area contributed by atoms with Crippen molar-refractivity contribution in [1.82, 2.24) is 15.0 Å². The molecule has 0 aliphatic carbocycles. The van der Waals surface area contributed by atoms with E-state index in [2.05, 4.69) is 10.1 Å². The van der Waals surface area contributed by atoms with Crippen LogP contribution in [0.5, 0.6) is 0 Å². The lowest BCUT2D eigenvalue weighted by Gasteiger charge is -2.32. The van der Waals surface area contributed by atoms with Crippen molar-refractivity contribution in [3.8, 4) is 0 Å². The normalized spacial score (nSPS) is 24.2. The quantitative estimate of drug-likeness (QED) is 0.911. The second-order valence-corrected chi connectivity index (χ2v) is 6.48. The van der Waals surface area contributed by atoms with Gasteiger partial charge in [0.05, 0.1) is 6.54 Å². The number of hydrogen-bond donors (Lipinski definition) is 1. The van der Waals surface area contributed by atoms with E-state index in [1.807, 2.05) is 32.6 Å². The number of rotatable bonds is 4. The maximum Gasteiger partial charge on any atom is 0.324 e. The predicted octanol–water partition coefficient (Wildman–Crippen LogP) is 2.20. The highest BCUT2D eigenvalue weighted by molar-refractivity contribution is 5.79. The monoisotopic (exact) mass is 281 g/mol. The van der Waals surface area contributed by atoms with E-state index in [1.165, 1.54) is 0 Å². The van der Waals surface area contributed by atoms with Crippen LogP contribution in [0.15, 0.2) is 4.52 Å². The highest BCUT2D eigenvalue weighted by Gasteiger charge is 2.46. The molecule has 1 aliphatic heterocycles. The van der Waals surface area contributed by atoms with E-state index < -0.39 is 11.5 Å². The number of likely N-dealkylation sites (tertiary alicyclic amines) is 1. The molecule has 1 aliphatic rings. The van der Waals surface area contributed by atoms with Crippen LogP contribution in [0, 0.1) is 0 Å². The third-order valence-corrected chi connectivity index (χ3v) is 4.07. The fraction of sp³-hybridized carbons (Fsp3) is 0.786. The fourth-order valence-electron chi connectivity index (χ4n) is 2.75. The van der Waals surface area contributed by atoms with Crippen LogP contribution in [0.1, 0.15) is 58.7 Å². The molecule has 2 rings (SSSR count). The summed E-state index contributed by atoms with van der Waals surface area (Å²) in [6, 6.07) is 0. The third kappa shape index (κ3) is 2.57. The fourth-order valence-corrected chi connectivity index (χ4v) is 2.75. The molecule has 0 spiro atoms. The topological polar surface area (TPSA) is 79.5 Å². The Balaban J connectivity index is 2.17. The van der Waals surface area contributed by atoms with Crippen LogP contribution >= 0.6 is 0 Å². The molecule has 1 atom stereocenters. The SMILES string of the molecule is CCC1(C(=O)O)CCCN1Cc1nc(C(C)(C)C)no1. The molecule has 1 aromatic heterocycles. The Bertz CT molecular complexity index is 492. The van der Waals surface area contributed by atoms with Crippen molar-refractivity contribution in [3.63, 3.8) is 0 Å². The van der Waals surface area contributed by atoms with Gasteiger partial charge >= 0.3 is 5.97 Å². The summed E-state index contributed by atoms with van der Waals surface area (Å²) in [6.07, 6.45) is 2.15. The van der Waals surface area contributed by atoms with Crippen LogP contribution in [-0.2, 0) is 16.8 Å². The molecule has 1 fully saturated rings. The molecule has 0 amide bonds. The first-order valence-electron chi connectivity index (χ1n) is 7.11. The van der Waals surface area contributed by atoms with E-state index in [-0.39, 0.29) is 5.41 Å². The standard InChI is InChI=1S/C14H23N3O3/c1-5-14(12(18)19)7-6-8-17(14)9-10-15-11(16-20-10)13(2,3)4/h5-9H2,1-4H3,(H,18,19). The molecule has 1 saturated heterocycles. The molecule has 1 N–H and O–H groups in total. The van der Waals surface area contributed by atoms with Gasteiger partial charge in [-0.05, 0) is 25.8 Å². The van der Waals surface area contributed by atoms with Gasteiger partial charge in [0.2, 0.25) is 5.89 Å². The van der Waals surface area contributed by atoms with Gasteiger partial charge in [0.25, 0.3) is 0 Å². The van der Waals surface area contributed by atoms with Gasteiger partial charge in [-0.1, -0.05) is 32.9 Å². The van der Waals surface area contributed by atoms with E-state index in [0.717, 1.165) is 13.0 Å². The van der Waals surface area contributed by atoms with Gasteiger partial charge in [-0.15, -0.1) is 0 Å². The third-order valence-electron chi connectivity index (χ3n) is 4.07. The van der Waals surface area contributed by atoms with Crippen LogP contribution in [0.2, 0.25) is 0 Å². The number of aromatic nitrogens is 2. The minimum absolute atomic E-state index is 0.165. The summed E-state index contributed by atoms with van der Waals surface area (Å²) in [5, 5.41) is 13.5. The summed E-state index contributed by atoms with van der Waals surface area (Å²) in [7, 11) is 0. The Kier molecular flexibility index (Phi) is 3.86. The average Bonchev–Trinajstić information content (AvgIpc) is 2.96. The number of aliphatic carboxylic acids is 1. The number of carbonyl (C=O) groups is 1.